The summed E-state index contributed by atoms with van der Waals surface area (Å²) in [6, 6.07) is 52.8. The minimum atomic E-state index is -0.408. The molecule has 0 saturated carbocycles. The highest BCUT2D eigenvalue weighted by Crippen LogP contribution is 2.57. The average molecular weight is 806 g/mol. The van der Waals surface area contributed by atoms with Crippen LogP contribution in [0.2, 0.25) is 0 Å². The van der Waals surface area contributed by atoms with Gasteiger partial charge in [-0.2, -0.15) is 0 Å². The van der Waals surface area contributed by atoms with Crippen LogP contribution in [0.15, 0.2) is 182 Å². The Balaban J connectivity index is 1.27. The van der Waals surface area contributed by atoms with Crippen LogP contribution in [-0.4, -0.2) is 6.71 Å². The third-order valence-corrected chi connectivity index (χ3v) is 14.5. The molecule has 3 aliphatic rings. The number of nitrogens with zero attached hydrogens (tertiary/aromatic N) is 2. The fraction of sp³-hybridized carbons (Fsp3) is 0.123. The molecule has 3 heterocycles. The Kier molecular flexibility index (Phi) is 6.77. The molecule has 0 amide bonds. The normalized spacial score (nSPS) is 15.5. The highest BCUT2D eigenvalue weighted by Gasteiger charge is 2.48. The van der Waals surface area contributed by atoms with E-state index in [-0.39, 0.29) is 47.3 Å². The molecular weight excluding hydrogens is 756 g/mol. The van der Waals surface area contributed by atoms with Gasteiger partial charge in [0.25, 0.3) is 6.71 Å². The molecule has 2 aliphatic heterocycles. The average Bonchev–Trinajstić information content (AvgIpc) is 3.82. The highest BCUT2D eigenvalue weighted by atomic mass is 32.1. The first-order valence-corrected chi connectivity index (χ1v) is 22.0. The standard InChI is InChI=1S/C57H45BN2S/c1-56(2,3)40-29-30-47-46(35-40)58-53-49(59(47)41-22-13-8-14-23-41)33-39(37-20-11-7-12-21-37)34-50(53)60(48-27-17-25-43-42-24-15-16-26-45(42)57(4,5)52(43)48)54-44-32-38(36-18-9-6-10-19-36)28-31-51(44)61-55(54)58/h6-35H,1-5H3/i7D,11D,12D,20D,21D. The Morgan fingerprint density at radius 3 is 2.05 bits per heavy atom. The van der Waals surface area contributed by atoms with Crippen LogP contribution in [0.25, 0.3) is 43.5 Å². The zero-order valence-electron chi connectivity index (χ0n) is 39.8. The van der Waals surface area contributed by atoms with Gasteiger partial charge in [-0.05, 0) is 115 Å². The van der Waals surface area contributed by atoms with Crippen LogP contribution in [0.5, 0.6) is 0 Å². The van der Waals surface area contributed by atoms with Gasteiger partial charge >= 0.3 is 0 Å². The maximum absolute atomic E-state index is 9.36. The second kappa shape index (κ2) is 13.2. The molecule has 0 bridgehead atoms. The van der Waals surface area contributed by atoms with Crippen LogP contribution < -0.4 is 25.5 Å². The molecule has 0 unspecified atom stereocenters. The quantitative estimate of drug-likeness (QED) is 0.164. The molecule has 292 valence electrons. The van der Waals surface area contributed by atoms with Gasteiger partial charge in [0, 0.05) is 43.0 Å². The third kappa shape index (κ3) is 5.35. The smallest absolute Gasteiger partial charge is 0.264 e. The summed E-state index contributed by atoms with van der Waals surface area (Å²) in [5.74, 6) is 0. The first-order valence-electron chi connectivity index (χ1n) is 23.6. The van der Waals surface area contributed by atoms with E-state index in [0.29, 0.717) is 5.56 Å². The predicted molar refractivity (Wildman–Crippen MR) is 263 cm³/mol. The monoisotopic (exact) mass is 805 g/mol. The molecule has 2 nitrogen and oxygen atoms in total. The van der Waals surface area contributed by atoms with Crippen LogP contribution in [0.3, 0.4) is 0 Å². The van der Waals surface area contributed by atoms with Crippen LogP contribution >= 0.6 is 11.3 Å². The largest absolute Gasteiger partial charge is 0.311 e. The lowest BCUT2D eigenvalue weighted by Gasteiger charge is -2.44. The van der Waals surface area contributed by atoms with Gasteiger partial charge in [-0.25, -0.2) is 0 Å². The summed E-state index contributed by atoms with van der Waals surface area (Å²) >= 11 is 1.86. The number of hydrogen-bond donors (Lipinski definition) is 0. The Morgan fingerprint density at radius 2 is 1.28 bits per heavy atom. The minimum absolute atomic E-state index is 0.125. The van der Waals surface area contributed by atoms with Gasteiger partial charge in [0.05, 0.1) is 18.2 Å². The lowest BCUT2D eigenvalue weighted by atomic mass is 9.36. The zero-order chi connectivity index (χ0) is 45.6. The molecule has 9 aromatic rings. The van der Waals surface area contributed by atoms with Gasteiger partial charge < -0.3 is 9.80 Å². The molecule has 1 aromatic heterocycles. The second-order valence-corrected chi connectivity index (χ2v) is 19.2. The van der Waals surface area contributed by atoms with Gasteiger partial charge in [-0.3, -0.25) is 0 Å². The first kappa shape index (κ1) is 31.3. The molecule has 0 atom stereocenters. The van der Waals surface area contributed by atoms with Crippen molar-refractivity contribution in [3.8, 4) is 33.4 Å². The number of anilines is 6. The second-order valence-electron chi connectivity index (χ2n) is 18.2. The fourth-order valence-electron chi connectivity index (χ4n) is 10.4. The topological polar surface area (TPSA) is 6.48 Å². The minimum Gasteiger partial charge on any atom is -0.311 e. The summed E-state index contributed by atoms with van der Waals surface area (Å²) in [7, 11) is 0. The van der Waals surface area contributed by atoms with Crippen molar-refractivity contribution in [3.05, 3.63) is 199 Å². The molecular formula is C57H45BN2S. The summed E-state index contributed by atoms with van der Waals surface area (Å²) in [4.78, 5) is 4.81. The summed E-state index contributed by atoms with van der Waals surface area (Å²) in [5, 5.41) is 1.14. The summed E-state index contributed by atoms with van der Waals surface area (Å²) in [6.07, 6.45) is 0. The van der Waals surface area contributed by atoms with Gasteiger partial charge in [0.1, 0.15) is 0 Å². The number of fused-ring (bicyclic) bond motifs is 9. The van der Waals surface area contributed by atoms with E-state index in [1.54, 1.807) is 0 Å². The van der Waals surface area contributed by atoms with E-state index in [4.69, 9.17) is 4.11 Å². The molecule has 8 aromatic carbocycles. The molecule has 1 aliphatic carbocycles. The molecule has 0 radical (unpaired) electrons. The number of hydrogen-bond acceptors (Lipinski definition) is 3. The molecule has 61 heavy (non-hydrogen) atoms. The Bertz CT molecular complexity index is 3490. The summed E-state index contributed by atoms with van der Waals surface area (Å²) < 4.78 is 47.4. The van der Waals surface area contributed by atoms with E-state index >= 15 is 0 Å². The maximum Gasteiger partial charge on any atom is 0.264 e. The number of para-hydroxylation sites is 1. The highest BCUT2D eigenvalue weighted by molar-refractivity contribution is 7.33. The lowest BCUT2D eigenvalue weighted by molar-refractivity contribution is 0.591. The molecule has 0 fully saturated rings. The van der Waals surface area contributed by atoms with Crippen molar-refractivity contribution < 1.29 is 6.85 Å². The third-order valence-electron chi connectivity index (χ3n) is 13.2. The molecule has 12 rings (SSSR count). The number of thiophene rings is 1. The maximum atomic E-state index is 9.36. The van der Waals surface area contributed by atoms with Crippen molar-refractivity contribution in [3.63, 3.8) is 0 Å². The number of benzene rings is 8. The van der Waals surface area contributed by atoms with Gasteiger partial charge in [0.2, 0.25) is 0 Å². The van der Waals surface area contributed by atoms with E-state index in [0.717, 1.165) is 56.1 Å². The molecule has 0 spiro atoms. The molecule has 4 heteroatoms. The van der Waals surface area contributed by atoms with E-state index in [9.17, 15) is 2.74 Å². The summed E-state index contributed by atoms with van der Waals surface area (Å²) in [5.41, 5.74) is 17.0. The van der Waals surface area contributed by atoms with Crippen LogP contribution in [-0.2, 0) is 10.8 Å². The Labute approximate surface area is 370 Å². The summed E-state index contributed by atoms with van der Waals surface area (Å²) in [6.45, 7) is 11.3. The molecule has 0 saturated heterocycles. The predicted octanol–water partition coefficient (Wildman–Crippen LogP) is 13.9. The fourth-order valence-corrected chi connectivity index (χ4v) is 11.7. The van der Waals surface area contributed by atoms with Crippen LogP contribution in [0, 0.1) is 0 Å². The van der Waals surface area contributed by atoms with E-state index in [1.165, 1.54) is 42.8 Å². The van der Waals surface area contributed by atoms with Crippen molar-refractivity contribution >= 4 is 78.0 Å². The van der Waals surface area contributed by atoms with Crippen molar-refractivity contribution in [1.82, 2.24) is 0 Å². The van der Waals surface area contributed by atoms with E-state index in [1.807, 2.05) is 17.4 Å². The van der Waals surface area contributed by atoms with Crippen molar-refractivity contribution in [1.29, 1.82) is 0 Å². The SMILES string of the molecule is [2H]c1c([2H])c([2H])c(-c2cc3c4c(c2)N(c2cccc5c2C(C)(C)c2ccccc2-5)c2c(sc5ccc(-c6ccccc6)cc25)B4c2cc(C(C)(C)C)ccc2N3c2ccccc2)c([2H])c1[2H]. The zero-order valence-corrected chi connectivity index (χ0v) is 35.6. The van der Waals surface area contributed by atoms with Crippen LogP contribution in [0.4, 0.5) is 34.1 Å². The van der Waals surface area contributed by atoms with Gasteiger partial charge in [0.15, 0.2) is 0 Å². The van der Waals surface area contributed by atoms with Crippen LogP contribution in [0.1, 0.15) is 58.2 Å². The van der Waals surface area contributed by atoms with Crippen molar-refractivity contribution in [2.24, 2.45) is 0 Å². The van der Waals surface area contributed by atoms with Gasteiger partial charge in [-0.1, -0.05) is 168 Å². The number of rotatable bonds is 4. The van der Waals surface area contributed by atoms with Gasteiger partial charge in [-0.15, -0.1) is 11.3 Å². The molecule has 0 N–H and O–H groups in total. The first-order chi connectivity index (χ1) is 31.7. The Hall–Kier alpha value is -6.62. The van der Waals surface area contributed by atoms with E-state index < -0.39 is 6.04 Å². The Morgan fingerprint density at radius 1 is 0.574 bits per heavy atom. The lowest BCUT2D eigenvalue weighted by Crippen LogP contribution is -2.60. The van der Waals surface area contributed by atoms with Crippen molar-refractivity contribution in [2.75, 3.05) is 9.80 Å². The van der Waals surface area contributed by atoms with E-state index in [2.05, 4.69) is 190 Å². The van der Waals surface area contributed by atoms with Crippen molar-refractivity contribution in [2.45, 2.75) is 45.4 Å².